The van der Waals surface area contributed by atoms with Crippen LogP contribution in [0.15, 0.2) is 34.9 Å². The Kier molecular flexibility index (Phi) is 4.41. The Bertz CT molecular complexity index is 583. The van der Waals surface area contributed by atoms with Crippen molar-refractivity contribution in [1.29, 1.82) is 0 Å². The molecule has 0 unspecified atom stereocenters. The highest BCUT2D eigenvalue weighted by Crippen LogP contribution is 2.13. The molecule has 0 bridgehead atoms. The second-order valence-electron chi connectivity index (χ2n) is 4.23. The number of hydrogen-bond donors (Lipinski definition) is 1. The minimum Gasteiger partial charge on any atom is -0.361 e. The fourth-order valence-corrected chi connectivity index (χ4v) is 2.14. The molecule has 0 aliphatic rings. The van der Waals surface area contributed by atoms with E-state index in [4.69, 9.17) is 4.52 Å². The van der Waals surface area contributed by atoms with Crippen LogP contribution in [0.3, 0.4) is 0 Å². The number of benzene rings is 1. The van der Waals surface area contributed by atoms with Gasteiger partial charge in [0.2, 0.25) is 0 Å². The predicted molar refractivity (Wildman–Crippen MR) is 80.9 cm³/mol. The fourth-order valence-electron chi connectivity index (χ4n) is 1.59. The molecule has 2 aromatic rings. The van der Waals surface area contributed by atoms with Crippen LogP contribution in [0.5, 0.6) is 0 Å². The molecule has 100 valence electrons. The van der Waals surface area contributed by atoms with E-state index < -0.39 is 0 Å². The molecular formula is C13H14IN3O2. The lowest BCUT2D eigenvalue weighted by molar-refractivity contribution is 0.219. The minimum atomic E-state index is -0.178. The molecule has 0 saturated carbocycles. The van der Waals surface area contributed by atoms with E-state index in [1.54, 1.807) is 11.9 Å². The van der Waals surface area contributed by atoms with E-state index in [0.29, 0.717) is 6.54 Å². The van der Waals surface area contributed by atoms with Crippen molar-refractivity contribution < 1.29 is 9.32 Å². The van der Waals surface area contributed by atoms with Crippen LogP contribution in [0.25, 0.3) is 0 Å². The highest BCUT2D eigenvalue weighted by atomic mass is 127. The zero-order valence-electron chi connectivity index (χ0n) is 10.7. The summed E-state index contributed by atoms with van der Waals surface area (Å²) in [5, 5.41) is 6.69. The molecule has 0 atom stereocenters. The van der Waals surface area contributed by atoms with E-state index in [2.05, 4.69) is 33.1 Å². The highest BCUT2D eigenvalue weighted by molar-refractivity contribution is 14.1. The zero-order valence-corrected chi connectivity index (χ0v) is 12.8. The average molecular weight is 371 g/mol. The summed E-state index contributed by atoms with van der Waals surface area (Å²) in [7, 11) is 1.72. The summed E-state index contributed by atoms with van der Waals surface area (Å²) in [6, 6.07) is 9.27. The number of carbonyl (C=O) groups excluding carboxylic acids is 1. The Balaban J connectivity index is 1.96. The van der Waals surface area contributed by atoms with Gasteiger partial charge in [0.05, 0.1) is 6.54 Å². The summed E-state index contributed by atoms with van der Waals surface area (Å²) < 4.78 is 6.04. The van der Waals surface area contributed by atoms with Crippen LogP contribution in [-0.2, 0) is 6.54 Å². The number of halogens is 1. The van der Waals surface area contributed by atoms with Crippen LogP contribution in [0, 0.1) is 10.5 Å². The van der Waals surface area contributed by atoms with Crippen molar-refractivity contribution in [2.45, 2.75) is 13.5 Å². The van der Waals surface area contributed by atoms with Crippen molar-refractivity contribution in [2.75, 3.05) is 12.4 Å². The van der Waals surface area contributed by atoms with E-state index in [1.165, 1.54) is 0 Å². The van der Waals surface area contributed by atoms with Gasteiger partial charge in [-0.3, -0.25) is 0 Å². The first-order valence-corrected chi connectivity index (χ1v) is 6.82. The topological polar surface area (TPSA) is 58.4 Å². The van der Waals surface area contributed by atoms with Gasteiger partial charge in [0.25, 0.3) is 0 Å². The lowest BCUT2D eigenvalue weighted by atomic mass is 10.3. The molecular weight excluding hydrogens is 357 g/mol. The summed E-state index contributed by atoms with van der Waals surface area (Å²) in [5.41, 5.74) is 1.51. The van der Waals surface area contributed by atoms with Crippen LogP contribution in [0.2, 0.25) is 0 Å². The molecule has 0 saturated heterocycles. The van der Waals surface area contributed by atoms with Gasteiger partial charge in [0.15, 0.2) is 0 Å². The summed E-state index contributed by atoms with van der Waals surface area (Å²) in [5.74, 6) is 0.737. The Morgan fingerprint density at radius 2 is 2.26 bits per heavy atom. The number of rotatable bonds is 3. The minimum absolute atomic E-state index is 0.178. The number of urea groups is 1. The van der Waals surface area contributed by atoms with E-state index >= 15 is 0 Å². The van der Waals surface area contributed by atoms with Crippen molar-refractivity contribution >= 4 is 34.3 Å². The van der Waals surface area contributed by atoms with Crippen LogP contribution in [0.4, 0.5) is 10.5 Å². The maximum absolute atomic E-state index is 12.0. The molecule has 0 aliphatic heterocycles. The maximum Gasteiger partial charge on any atom is 0.321 e. The lowest BCUT2D eigenvalue weighted by Gasteiger charge is -2.16. The third-order valence-electron chi connectivity index (χ3n) is 2.50. The molecule has 19 heavy (non-hydrogen) atoms. The van der Waals surface area contributed by atoms with Gasteiger partial charge < -0.3 is 14.7 Å². The largest absolute Gasteiger partial charge is 0.361 e. The monoisotopic (exact) mass is 371 g/mol. The van der Waals surface area contributed by atoms with Crippen LogP contribution in [-0.4, -0.2) is 23.1 Å². The van der Waals surface area contributed by atoms with Gasteiger partial charge in [-0.2, -0.15) is 0 Å². The molecule has 0 aliphatic carbocycles. The number of aryl methyl sites for hydroxylation is 1. The maximum atomic E-state index is 12.0. The van der Waals surface area contributed by atoms with Crippen molar-refractivity contribution in [3.63, 3.8) is 0 Å². The van der Waals surface area contributed by atoms with E-state index in [1.807, 2.05) is 37.3 Å². The molecule has 1 heterocycles. The number of nitrogens with one attached hydrogen (secondary N) is 1. The van der Waals surface area contributed by atoms with Crippen molar-refractivity contribution in [1.82, 2.24) is 10.1 Å². The number of amides is 2. The van der Waals surface area contributed by atoms with Gasteiger partial charge >= 0.3 is 6.03 Å². The van der Waals surface area contributed by atoms with E-state index in [-0.39, 0.29) is 6.03 Å². The second kappa shape index (κ2) is 6.05. The number of hydrogen-bond acceptors (Lipinski definition) is 3. The van der Waals surface area contributed by atoms with E-state index in [9.17, 15) is 4.79 Å². The average Bonchev–Trinajstić information content (AvgIpc) is 2.74. The first-order chi connectivity index (χ1) is 9.04. The quantitative estimate of drug-likeness (QED) is 0.843. The van der Waals surface area contributed by atoms with Crippen LogP contribution >= 0.6 is 22.6 Å². The third kappa shape index (κ3) is 3.95. The smallest absolute Gasteiger partial charge is 0.321 e. The highest BCUT2D eigenvalue weighted by Gasteiger charge is 2.11. The first kappa shape index (κ1) is 13.9. The van der Waals surface area contributed by atoms with E-state index in [0.717, 1.165) is 20.7 Å². The predicted octanol–water partition coefficient (Wildman–Crippen LogP) is 3.25. The molecule has 1 aromatic heterocycles. The summed E-state index contributed by atoms with van der Waals surface area (Å²) in [6.07, 6.45) is 0. The van der Waals surface area contributed by atoms with Crippen LogP contribution in [0.1, 0.15) is 11.5 Å². The Hall–Kier alpha value is -1.57. The molecule has 0 radical (unpaired) electrons. The molecule has 2 amide bonds. The summed E-state index contributed by atoms with van der Waals surface area (Å²) in [4.78, 5) is 13.5. The third-order valence-corrected chi connectivity index (χ3v) is 3.17. The molecule has 5 nitrogen and oxygen atoms in total. The summed E-state index contributed by atoms with van der Waals surface area (Å²) >= 11 is 2.20. The van der Waals surface area contributed by atoms with Crippen molar-refractivity contribution in [3.8, 4) is 0 Å². The number of anilines is 1. The number of aromatic nitrogens is 1. The van der Waals surface area contributed by atoms with Crippen LogP contribution < -0.4 is 5.32 Å². The van der Waals surface area contributed by atoms with Gasteiger partial charge in [-0.1, -0.05) is 11.2 Å². The molecule has 2 rings (SSSR count). The summed E-state index contributed by atoms with van der Waals surface area (Å²) in [6.45, 7) is 2.23. The normalized spacial score (nSPS) is 10.3. The van der Waals surface area contributed by atoms with Gasteiger partial charge in [-0.05, 0) is 47.7 Å². The van der Waals surface area contributed by atoms with Gasteiger partial charge in [0, 0.05) is 22.4 Å². The fraction of sp³-hybridized carbons (Fsp3) is 0.231. The Morgan fingerprint density at radius 3 is 2.89 bits per heavy atom. The zero-order chi connectivity index (χ0) is 13.8. The van der Waals surface area contributed by atoms with Gasteiger partial charge in [-0.25, -0.2) is 4.79 Å². The number of nitrogens with zero attached hydrogens (tertiary/aromatic N) is 2. The Morgan fingerprint density at radius 1 is 1.47 bits per heavy atom. The van der Waals surface area contributed by atoms with Gasteiger partial charge in [0.1, 0.15) is 11.5 Å². The molecule has 0 fully saturated rings. The Labute approximate surface area is 125 Å². The first-order valence-electron chi connectivity index (χ1n) is 5.74. The van der Waals surface area contributed by atoms with Gasteiger partial charge in [-0.15, -0.1) is 0 Å². The molecule has 0 spiro atoms. The standard InChI is InChI=1S/C13H14IN3O2/c1-9-6-12(16-19-9)8-17(2)13(18)15-11-5-3-4-10(14)7-11/h3-7H,8H2,1-2H3,(H,15,18). The molecule has 6 heteroatoms. The van der Waals surface area contributed by atoms with Crippen molar-refractivity contribution in [2.24, 2.45) is 0 Å². The second-order valence-corrected chi connectivity index (χ2v) is 5.47. The number of carbonyl (C=O) groups is 1. The molecule has 1 N–H and O–H groups in total. The lowest BCUT2D eigenvalue weighted by Crippen LogP contribution is -2.30. The molecule has 1 aromatic carbocycles. The SMILES string of the molecule is Cc1cc(CN(C)C(=O)Nc2cccc(I)c2)no1. The van der Waals surface area contributed by atoms with Crippen molar-refractivity contribution in [3.05, 3.63) is 45.4 Å².